The average molecular weight is 897 g/mol. The molecular formula is C55H76O10. The number of aromatic hydroxyl groups is 1. The van der Waals surface area contributed by atoms with Crippen molar-refractivity contribution in [1.82, 2.24) is 0 Å². The molecule has 10 nitrogen and oxygen atoms in total. The fourth-order valence-electron chi connectivity index (χ4n) is 16.3. The molecule has 0 radical (unpaired) electrons. The molecule has 1 aromatic rings. The summed E-state index contributed by atoms with van der Waals surface area (Å²) in [5.74, 6) is -3.78. The Morgan fingerprint density at radius 1 is 0.908 bits per heavy atom. The van der Waals surface area contributed by atoms with Crippen LogP contribution in [0.5, 0.6) is 5.75 Å². The van der Waals surface area contributed by atoms with Gasteiger partial charge in [-0.25, -0.2) is 0 Å². The Hall–Kier alpha value is -3.76. The number of Topliss-reactive ketones (excluding diaryl/α,β-unsaturated/α-hetero) is 3. The van der Waals surface area contributed by atoms with Gasteiger partial charge in [0.05, 0.1) is 23.7 Å². The number of ether oxygens (including phenoxy) is 1. The van der Waals surface area contributed by atoms with Crippen LogP contribution < -0.4 is 0 Å². The largest absolute Gasteiger partial charge is 0.511 e. The first-order valence-corrected chi connectivity index (χ1v) is 24.9. The van der Waals surface area contributed by atoms with Gasteiger partial charge in [-0.15, -0.1) is 0 Å². The second kappa shape index (κ2) is 16.2. The van der Waals surface area contributed by atoms with Crippen molar-refractivity contribution in [2.75, 3.05) is 0 Å². The molecular weight excluding hydrogens is 821 g/mol. The Balaban J connectivity index is 1.01. The molecule has 7 aliphatic rings. The lowest BCUT2D eigenvalue weighted by Crippen LogP contribution is -2.73. The van der Waals surface area contributed by atoms with Gasteiger partial charge in [-0.05, 0) is 116 Å². The number of esters is 1. The molecule has 0 aliphatic heterocycles. The van der Waals surface area contributed by atoms with Gasteiger partial charge in [0.1, 0.15) is 28.9 Å². The van der Waals surface area contributed by atoms with Crippen LogP contribution in [0.15, 0.2) is 46.4 Å². The summed E-state index contributed by atoms with van der Waals surface area (Å²) in [6.45, 7) is 21.4. The summed E-state index contributed by atoms with van der Waals surface area (Å²) in [7, 11) is 0. The second-order valence-corrected chi connectivity index (χ2v) is 23.7. The molecule has 8 rings (SSSR count). The van der Waals surface area contributed by atoms with E-state index in [2.05, 4.69) is 40.7 Å². The van der Waals surface area contributed by atoms with Gasteiger partial charge >= 0.3 is 5.97 Å². The zero-order valence-corrected chi connectivity index (χ0v) is 40.8. The molecule has 14 atom stereocenters. The van der Waals surface area contributed by atoms with Crippen molar-refractivity contribution in [3.63, 3.8) is 0 Å². The van der Waals surface area contributed by atoms with E-state index in [-0.39, 0.29) is 29.1 Å². The first-order valence-electron chi connectivity index (χ1n) is 24.9. The van der Waals surface area contributed by atoms with Crippen LogP contribution in [0.2, 0.25) is 0 Å². The molecule has 5 N–H and O–H groups in total. The van der Waals surface area contributed by atoms with E-state index in [0.29, 0.717) is 29.2 Å². The topological polar surface area (TPSA) is 179 Å². The summed E-state index contributed by atoms with van der Waals surface area (Å²) in [6.07, 6.45) is 12.8. The van der Waals surface area contributed by atoms with Crippen LogP contribution >= 0.6 is 0 Å². The summed E-state index contributed by atoms with van der Waals surface area (Å²) >= 11 is 0. The van der Waals surface area contributed by atoms with Crippen molar-refractivity contribution in [2.45, 2.75) is 177 Å². The monoisotopic (exact) mass is 897 g/mol. The van der Waals surface area contributed by atoms with E-state index in [1.165, 1.54) is 57.4 Å². The van der Waals surface area contributed by atoms with Gasteiger partial charge in [0.25, 0.3) is 0 Å². The summed E-state index contributed by atoms with van der Waals surface area (Å²) in [5.41, 5.74) is -5.57. The standard InChI is InChI=1S/C55H76O10/c1-27(2)13-12-14-29(5)37-19-20-38-36-18-16-33-26-34(21-23-51(33,8)39(36)22-24-52(37,38)9)65-40(57)25-32-15-17-35-30(6)53(10)44(47(60)42(35)45(32)58)49(62)55(64)48(61)41(31(7)56)46(59)43(28(3)4)54(55,11)50(53)63/h15-17,27-30,34,36-39,43,50,58-59,62-64H,12-14,18-26H2,1-11H3/t29-,30+,34?,36?,37?,38?,39?,43?,50+,51-,52+,53-,54-,55-/m0/s1. The maximum atomic E-state index is 14.7. The number of carbonyl (C=O) groups is 4. The molecule has 0 bridgehead atoms. The average Bonchev–Trinajstić information content (AvgIpc) is 3.59. The van der Waals surface area contributed by atoms with E-state index >= 15 is 0 Å². The first-order chi connectivity index (χ1) is 30.3. The number of benzene rings is 1. The summed E-state index contributed by atoms with van der Waals surface area (Å²) in [4.78, 5) is 55.5. The highest BCUT2D eigenvalue weighted by Gasteiger charge is 2.76. The molecule has 10 heteroatoms. The van der Waals surface area contributed by atoms with Crippen LogP contribution in [-0.4, -0.2) is 66.7 Å². The van der Waals surface area contributed by atoms with Crippen LogP contribution in [0, 0.1) is 69.0 Å². The Labute approximate surface area is 386 Å². The lowest BCUT2D eigenvalue weighted by atomic mass is 9.41. The molecule has 7 aliphatic carbocycles. The van der Waals surface area contributed by atoms with E-state index in [9.17, 15) is 44.7 Å². The Morgan fingerprint density at radius 3 is 2.25 bits per heavy atom. The van der Waals surface area contributed by atoms with Crippen molar-refractivity contribution in [1.29, 1.82) is 0 Å². The highest BCUT2D eigenvalue weighted by Crippen LogP contribution is 2.69. The number of aliphatic hydroxyl groups excluding tert-OH is 3. The number of ketones is 3. The normalized spacial score (nSPS) is 40.4. The number of rotatable bonds is 10. The van der Waals surface area contributed by atoms with Crippen molar-refractivity contribution >= 4 is 23.3 Å². The van der Waals surface area contributed by atoms with E-state index < -0.39 is 92.0 Å². The number of fused-ring (bicyclic) bond motifs is 8. The third-order valence-electron chi connectivity index (χ3n) is 19.8. The van der Waals surface area contributed by atoms with E-state index in [0.717, 1.165) is 49.9 Å². The zero-order valence-electron chi connectivity index (χ0n) is 40.8. The van der Waals surface area contributed by atoms with E-state index in [4.69, 9.17) is 4.74 Å². The van der Waals surface area contributed by atoms with Crippen LogP contribution in [0.25, 0.3) is 0 Å². The molecule has 3 saturated carbocycles. The van der Waals surface area contributed by atoms with Gasteiger partial charge < -0.3 is 30.3 Å². The van der Waals surface area contributed by atoms with E-state index in [1.54, 1.807) is 39.8 Å². The fourth-order valence-corrected chi connectivity index (χ4v) is 16.3. The Bertz CT molecular complexity index is 2280. The van der Waals surface area contributed by atoms with Gasteiger partial charge in [0.2, 0.25) is 5.78 Å². The number of carbonyl (C=O) groups excluding carboxylic acids is 4. The third-order valence-corrected chi connectivity index (χ3v) is 19.8. The molecule has 65 heavy (non-hydrogen) atoms. The number of hydrogen-bond acceptors (Lipinski definition) is 10. The second-order valence-electron chi connectivity index (χ2n) is 23.7. The van der Waals surface area contributed by atoms with E-state index in [1.807, 2.05) is 0 Å². The van der Waals surface area contributed by atoms with Gasteiger partial charge in [-0.1, -0.05) is 112 Å². The highest BCUT2D eigenvalue weighted by atomic mass is 16.5. The first kappa shape index (κ1) is 47.7. The SMILES string of the molecule is CC(=O)C1=C(O)C(C(C)C)[C@@]2(C)[C@H](O)[C@]3(C)C(=C(O)[C@@]2(O)C1=O)C(=O)c1c(ccc(CC(=O)OC2CC[C@@]4(C)C(=CCC5C6CCC([C@@H](C)CCCC(C)C)[C@@]6(C)CCC54)C2)c1O)[C@H]3C. The zero-order chi connectivity index (χ0) is 47.7. The molecule has 3 fully saturated rings. The van der Waals surface area contributed by atoms with Crippen molar-refractivity contribution in [2.24, 2.45) is 69.0 Å². The highest BCUT2D eigenvalue weighted by molar-refractivity contribution is 6.25. The predicted octanol–water partition coefficient (Wildman–Crippen LogP) is 10.4. The minimum atomic E-state index is -2.97. The number of allylic oxidation sites excluding steroid dienone is 2. The maximum Gasteiger partial charge on any atom is 0.310 e. The summed E-state index contributed by atoms with van der Waals surface area (Å²) in [6, 6.07) is 3.22. The fraction of sp³-hybridized carbons (Fsp3) is 0.709. The summed E-state index contributed by atoms with van der Waals surface area (Å²) < 4.78 is 6.16. The minimum absolute atomic E-state index is 0.0796. The lowest BCUT2D eigenvalue weighted by Gasteiger charge is -2.63. The maximum absolute atomic E-state index is 14.7. The predicted molar refractivity (Wildman–Crippen MR) is 248 cm³/mol. The van der Waals surface area contributed by atoms with Gasteiger partial charge in [-0.3, -0.25) is 19.2 Å². The molecule has 0 saturated heterocycles. The quantitative estimate of drug-likeness (QED) is 0.0862. The molecule has 0 heterocycles. The molecule has 356 valence electrons. The molecule has 0 amide bonds. The molecule has 0 aromatic heterocycles. The van der Waals surface area contributed by atoms with Crippen molar-refractivity contribution in [3.8, 4) is 5.75 Å². The number of hydrogen-bond donors (Lipinski definition) is 5. The summed E-state index contributed by atoms with van der Waals surface area (Å²) in [5, 5.41) is 60.4. The lowest BCUT2D eigenvalue weighted by molar-refractivity contribution is -0.211. The van der Waals surface area contributed by atoms with Gasteiger partial charge in [0, 0.05) is 28.7 Å². The number of phenolic OH excluding ortho intramolecular Hbond substituents is 1. The smallest absolute Gasteiger partial charge is 0.310 e. The minimum Gasteiger partial charge on any atom is -0.511 e. The Morgan fingerprint density at radius 2 is 1.60 bits per heavy atom. The van der Waals surface area contributed by atoms with Crippen LogP contribution in [0.1, 0.15) is 174 Å². The van der Waals surface area contributed by atoms with Crippen LogP contribution in [-0.2, 0) is 25.5 Å². The molecule has 1 aromatic carbocycles. The van der Waals surface area contributed by atoms with Crippen molar-refractivity contribution < 1.29 is 49.4 Å². The van der Waals surface area contributed by atoms with Crippen molar-refractivity contribution in [3.05, 3.63) is 63.1 Å². The molecule has 6 unspecified atom stereocenters. The van der Waals surface area contributed by atoms with Gasteiger partial charge in [0.15, 0.2) is 17.2 Å². The number of aliphatic hydroxyl groups is 4. The van der Waals surface area contributed by atoms with Gasteiger partial charge in [-0.2, -0.15) is 0 Å². The number of phenols is 1. The third kappa shape index (κ3) is 6.58. The van der Waals surface area contributed by atoms with Crippen LogP contribution in [0.4, 0.5) is 0 Å². The Kier molecular flexibility index (Phi) is 11.9. The van der Waals surface area contributed by atoms with Crippen LogP contribution in [0.3, 0.4) is 0 Å². The molecule has 0 spiro atoms.